The Morgan fingerprint density at radius 2 is 2.05 bits per heavy atom. The van der Waals surface area contributed by atoms with E-state index in [1.165, 1.54) is 12.3 Å². The van der Waals surface area contributed by atoms with Gasteiger partial charge in [-0.15, -0.1) is 0 Å². The quantitative estimate of drug-likeness (QED) is 0.349. The molecule has 0 saturated heterocycles. The first-order chi connectivity index (χ1) is 10.2. The summed E-state index contributed by atoms with van der Waals surface area (Å²) in [7, 11) is 0. The molecule has 2 rings (SSSR count). The van der Waals surface area contributed by atoms with Gasteiger partial charge in [-0.25, -0.2) is 4.39 Å². The van der Waals surface area contributed by atoms with Gasteiger partial charge in [0, 0.05) is 30.3 Å². The average Bonchev–Trinajstić information content (AvgIpc) is 2.50. The minimum absolute atomic E-state index is 0.270. The molecule has 2 aromatic carbocycles. The van der Waals surface area contributed by atoms with Crippen molar-refractivity contribution >= 4 is 46.0 Å². The van der Waals surface area contributed by atoms with Crippen LogP contribution < -0.4 is 10.4 Å². The van der Waals surface area contributed by atoms with Gasteiger partial charge in [-0.05, 0) is 40.6 Å². The summed E-state index contributed by atoms with van der Waals surface area (Å²) in [5.41, 5.74) is 3.66. The van der Waals surface area contributed by atoms with E-state index in [0.717, 1.165) is 5.56 Å². The second kappa shape index (κ2) is 7.71. The van der Waals surface area contributed by atoms with Crippen LogP contribution in [0.15, 0.2) is 36.4 Å². The van der Waals surface area contributed by atoms with E-state index in [1.54, 1.807) is 6.92 Å². The molecule has 3 nitrogen and oxygen atoms in total. The summed E-state index contributed by atoms with van der Waals surface area (Å²) >= 11 is 2.19. The van der Waals surface area contributed by atoms with Crippen molar-refractivity contribution in [2.24, 2.45) is 0 Å². The number of rotatable bonds is 6. The number of hydrogen-bond donors (Lipinski definition) is 3. The van der Waals surface area contributed by atoms with Crippen molar-refractivity contribution in [3.63, 3.8) is 0 Å². The normalized spacial score (nSPS) is 10.8. The first kappa shape index (κ1) is 16.2. The third-order valence-electron chi connectivity index (χ3n) is 3.20. The van der Waals surface area contributed by atoms with Gasteiger partial charge in [0.25, 0.3) is 0 Å². The van der Waals surface area contributed by atoms with Crippen LogP contribution in [0.25, 0.3) is 0 Å². The SMILES string of the molecule is Cc1c(F)cc(NPI)c(C=N)c1NCc1ccccc1. The van der Waals surface area contributed by atoms with Gasteiger partial charge >= 0.3 is 0 Å². The second-order valence-corrected chi connectivity index (χ2v) is 6.58. The molecule has 2 aromatic rings. The zero-order chi connectivity index (χ0) is 15.2. The van der Waals surface area contributed by atoms with Gasteiger partial charge in [-0.2, -0.15) is 0 Å². The van der Waals surface area contributed by atoms with E-state index < -0.39 is 0 Å². The van der Waals surface area contributed by atoms with Gasteiger partial charge in [0.1, 0.15) is 5.82 Å². The molecule has 0 spiro atoms. The lowest BCUT2D eigenvalue weighted by Crippen LogP contribution is -2.07. The van der Waals surface area contributed by atoms with Crippen molar-refractivity contribution in [3.05, 3.63) is 58.9 Å². The van der Waals surface area contributed by atoms with Crippen LogP contribution in [0.4, 0.5) is 15.8 Å². The molecule has 0 radical (unpaired) electrons. The smallest absolute Gasteiger partial charge is 0.130 e. The van der Waals surface area contributed by atoms with Gasteiger partial charge in [0.2, 0.25) is 0 Å². The lowest BCUT2D eigenvalue weighted by Gasteiger charge is -2.17. The topological polar surface area (TPSA) is 47.9 Å². The highest BCUT2D eigenvalue weighted by Crippen LogP contribution is 2.34. The molecule has 6 heteroatoms. The van der Waals surface area contributed by atoms with E-state index in [-0.39, 0.29) is 5.82 Å². The summed E-state index contributed by atoms with van der Waals surface area (Å²) in [6.45, 7) is 2.32. The predicted molar refractivity (Wildman–Crippen MR) is 98.7 cm³/mol. The highest BCUT2D eigenvalue weighted by Gasteiger charge is 2.14. The molecule has 0 aliphatic heterocycles. The van der Waals surface area contributed by atoms with Crippen molar-refractivity contribution in [1.29, 1.82) is 5.41 Å². The number of halogens is 2. The lowest BCUT2D eigenvalue weighted by molar-refractivity contribution is 0.619. The third-order valence-corrected chi connectivity index (χ3v) is 4.38. The Labute approximate surface area is 138 Å². The molecule has 21 heavy (non-hydrogen) atoms. The van der Waals surface area contributed by atoms with Crippen LogP contribution in [-0.4, -0.2) is 6.21 Å². The number of nitrogens with one attached hydrogen (secondary N) is 3. The summed E-state index contributed by atoms with van der Waals surface area (Å²) in [4.78, 5) is 0. The fourth-order valence-corrected chi connectivity index (χ4v) is 3.27. The molecule has 0 aliphatic carbocycles. The van der Waals surface area contributed by atoms with Crippen LogP contribution in [0.5, 0.6) is 0 Å². The molecule has 0 aromatic heterocycles. The van der Waals surface area contributed by atoms with Crippen molar-refractivity contribution < 1.29 is 4.39 Å². The molecule has 0 saturated carbocycles. The minimum atomic E-state index is -0.270. The molecule has 0 amide bonds. The summed E-state index contributed by atoms with van der Waals surface area (Å²) in [6.07, 6.45) is 1.68. The van der Waals surface area contributed by atoms with Crippen LogP contribution in [0, 0.1) is 18.2 Å². The fraction of sp³-hybridized carbons (Fsp3) is 0.133. The van der Waals surface area contributed by atoms with E-state index >= 15 is 0 Å². The van der Waals surface area contributed by atoms with Crippen molar-refractivity contribution in [2.75, 3.05) is 10.4 Å². The highest BCUT2D eigenvalue weighted by atomic mass is 127. The predicted octanol–water partition coefficient (Wildman–Crippen LogP) is 5.10. The van der Waals surface area contributed by atoms with Crippen LogP contribution in [0.3, 0.4) is 0 Å². The summed E-state index contributed by atoms with van der Waals surface area (Å²) in [5, 5.41) is 14.0. The van der Waals surface area contributed by atoms with E-state index in [2.05, 4.69) is 32.4 Å². The summed E-state index contributed by atoms with van der Waals surface area (Å²) in [5.74, 6) is -0.270. The van der Waals surface area contributed by atoms with Gasteiger partial charge in [-0.1, -0.05) is 30.3 Å². The first-order valence-corrected chi connectivity index (χ1v) is 10.5. The molecule has 0 aliphatic rings. The maximum atomic E-state index is 14.1. The van der Waals surface area contributed by atoms with Crippen LogP contribution in [0.2, 0.25) is 0 Å². The Morgan fingerprint density at radius 1 is 1.33 bits per heavy atom. The molecule has 110 valence electrons. The van der Waals surface area contributed by atoms with Crippen molar-refractivity contribution in [3.8, 4) is 0 Å². The van der Waals surface area contributed by atoms with Gasteiger partial charge in [-0.3, -0.25) is 0 Å². The number of anilines is 2. The van der Waals surface area contributed by atoms with Gasteiger partial charge < -0.3 is 15.8 Å². The third kappa shape index (κ3) is 3.92. The Bertz CT molecular complexity index is 635. The summed E-state index contributed by atoms with van der Waals surface area (Å²) in [6, 6.07) is 11.4. The fourth-order valence-electron chi connectivity index (χ4n) is 2.09. The first-order valence-electron chi connectivity index (χ1n) is 6.40. The molecular formula is C15H16FIN3P. The molecule has 1 atom stereocenters. The Hall–Kier alpha value is -1.20. The standard InChI is InChI=1S/C15H16FIN3P/c1-10-13(16)7-14(20-21-17)12(8-18)15(10)19-9-11-5-3-2-4-6-11/h2-8,18-21H,9H2,1H3. The Balaban J connectivity index is 2.34. The molecule has 0 heterocycles. The second-order valence-electron chi connectivity index (χ2n) is 4.52. The monoisotopic (exact) mass is 415 g/mol. The van der Waals surface area contributed by atoms with Crippen LogP contribution >= 0.6 is 28.4 Å². The van der Waals surface area contributed by atoms with Crippen molar-refractivity contribution in [2.45, 2.75) is 13.5 Å². The minimum Gasteiger partial charge on any atom is -0.380 e. The van der Waals surface area contributed by atoms with Gasteiger partial charge in [0.15, 0.2) is 0 Å². The maximum Gasteiger partial charge on any atom is 0.130 e. The zero-order valence-corrected chi connectivity index (χ0v) is 14.7. The zero-order valence-electron chi connectivity index (χ0n) is 11.5. The highest BCUT2D eigenvalue weighted by molar-refractivity contribution is 14.2. The largest absolute Gasteiger partial charge is 0.380 e. The number of benzene rings is 2. The maximum absolute atomic E-state index is 14.1. The number of hydrogen-bond acceptors (Lipinski definition) is 3. The molecule has 1 unspecified atom stereocenters. The van der Waals surface area contributed by atoms with E-state index in [4.69, 9.17) is 5.41 Å². The Kier molecular flexibility index (Phi) is 5.94. The average molecular weight is 415 g/mol. The summed E-state index contributed by atoms with van der Waals surface area (Å²) < 4.78 is 14.1. The molecule has 0 fully saturated rings. The van der Waals surface area contributed by atoms with E-state index in [0.29, 0.717) is 35.4 Å². The molecule has 3 N–H and O–H groups in total. The Morgan fingerprint density at radius 3 is 2.67 bits per heavy atom. The molecule has 0 bridgehead atoms. The van der Waals surface area contributed by atoms with E-state index in [1.807, 2.05) is 30.3 Å². The van der Waals surface area contributed by atoms with Crippen LogP contribution in [0.1, 0.15) is 16.7 Å². The van der Waals surface area contributed by atoms with E-state index in [9.17, 15) is 4.39 Å². The van der Waals surface area contributed by atoms with Gasteiger partial charge in [0.05, 0.1) is 11.4 Å². The lowest BCUT2D eigenvalue weighted by atomic mass is 10.1. The molecular weight excluding hydrogens is 399 g/mol. The van der Waals surface area contributed by atoms with Crippen LogP contribution in [-0.2, 0) is 6.54 Å². The van der Waals surface area contributed by atoms with Crippen molar-refractivity contribution in [1.82, 2.24) is 0 Å².